The van der Waals surface area contributed by atoms with Gasteiger partial charge in [0.15, 0.2) is 11.6 Å². The van der Waals surface area contributed by atoms with Crippen LogP contribution in [0.4, 0.5) is 4.39 Å². The second kappa shape index (κ2) is 3.88. The highest BCUT2D eigenvalue weighted by Crippen LogP contribution is 2.26. The van der Waals surface area contributed by atoms with Crippen molar-refractivity contribution in [2.75, 3.05) is 7.11 Å². The summed E-state index contributed by atoms with van der Waals surface area (Å²) in [5, 5.41) is 0. The van der Waals surface area contributed by atoms with E-state index in [2.05, 4.69) is 11.7 Å². The number of ether oxygens (including phenoxy) is 1. The Bertz CT molecular complexity index is 252. The highest BCUT2D eigenvalue weighted by atomic mass is 33.1. The summed E-state index contributed by atoms with van der Waals surface area (Å²) in [6, 6.07) is 4.71. The molecule has 0 saturated heterocycles. The van der Waals surface area contributed by atoms with Gasteiger partial charge in [-0.2, -0.15) is 0 Å². The monoisotopic (exact) mass is 190 g/mol. The molecule has 0 bridgehead atoms. The summed E-state index contributed by atoms with van der Waals surface area (Å²) in [6.07, 6.45) is 0. The third-order valence-electron chi connectivity index (χ3n) is 1.23. The third kappa shape index (κ3) is 2.04. The molecule has 0 aliphatic rings. The number of methoxy groups -OCH3 is 1. The summed E-state index contributed by atoms with van der Waals surface area (Å²) in [7, 11) is 2.64. The molecule has 0 radical (unpaired) electrons. The Morgan fingerprint density at radius 3 is 2.73 bits per heavy atom. The summed E-state index contributed by atoms with van der Waals surface area (Å²) in [4.78, 5) is 0.770. The summed E-state index contributed by atoms with van der Waals surface area (Å²) < 4.78 is 17.6. The van der Waals surface area contributed by atoms with E-state index in [0.717, 1.165) is 4.90 Å². The minimum absolute atomic E-state index is 0.260. The van der Waals surface area contributed by atoms with E-state index in [4.69, 9.17) is 4.74 Å². The molecule has 0 saturated carbocycles. The maximum atomic E-state index is 12.9. The topological polar surface area (TPSA) is 9.23 Å². The molecule has 1 aromatic carbocycles. The number of halogens is 1. The van der Waals surface area contributed by atoms with Gasteiger partial charge >= 0.3 is 0 Å². The average molecular weight is 190 g/mol. The van der Waals surface area contributed by atoms with E-state index in [1.54, 1.807) is 12.1 Å². The lowest BCUT2D eigenvalue weighted by molar-refractivity contribution is 0.385. The first kappa shape index (κ1) is 8.74. The van der Waals surface area contributed by atoms with Gasteiger partial charge in [0.25, 0.3) is 0 Å². The van der Waals surface area contributed by atoms with Crippen molar-refractivity contribution in [2.24, 2.45) is 0 Å². The molecule has 1 rings (SSSR count). The standard InChI is InChI=1S/C7H7FOS2/c1-9-7-3-2-5(11-10)4-6(7)8/h2-4,10H,1H3. The van der Waals surface area contributed by atoms with Gasteiger partial charge in [0.05, 0.1) is 7.11 Å². The van der Waals surface area contributed by atoms with Crippen molar-refractivity contribution >= 4 is 22.5 Å². The largest absolute Gasteiger partial charge is 0.494 e. The summed E-state index contributed by atoms with van der Waals surface area (Å²) in [5.74, 6) is -0.0947. The number of benzene rings is 1. The zero-order valence-electron chi connectivity index (χ0n) is 5.87. The predicted octanol–water partition coefficient (Wildman–Crippen LogP) is 2.77. The van der Waals surface area contributed by atoms with Gasteiger partial charge in [-0.15, -0.1) is 11.7 Å². The van der Waals surface area contributed by atoms with Crippen molar-refractivity contribution in [1.82, 2.24) is 0 Å². The number of thiol groups is 1. The fourth-order valence-corrected chi connectivity index (χ4v) is 1.33. The molecular formula is C7H7FOS2. The van der Waals surface area contributed by atoms with Crippen LogP contribution in [0.2, 0.25) is 0 Å². The Labute approximate surface area is 73.8 Å². The van der Waals surface area contributed by atoms with Crippen molar-refractivity contribution in [1.29, 1.82) is 0 Å². The smallest absolute Gasteiger partial charge is 0.166 e. The second-order valence-electron chi connectivity index (χ2n) is 1.89. The molecule has 0 amide bonds. The van der Waals surface area contributed by atoms with E-state index in [1.165, 1.54) is 24.0 Å². The number of hydrogen-bond donors (Lipinski definition) is 1. The Morgan fingerprint density at radius 2 is 2.27 bits per heavy atom. The lowest BCUT2D eigenvalue weighted by Crippen LogP contribution is -1.86. The quantitative estimate of drug-likeness (QED) is 0.567. The molecule has 0 aliphatic heterocycles. The Morgan fingerprint density at radius 1 is 1.55 bits per heavy atom. The lowest BCUT2D eigenvalue weighted by atomic mass is 10.3. The van der Waals surface area contributed by atoms with Gasteiger partial charge < -0.3 is 4.74 Å². The first-order valence-electron chi connectivity index (χ1n) is 2.93. The molecule has 60 valence electrons. The SMILES string of the molecule is COc1ccc(SS)cc1F. The zero-order chi connectivity index (χ0) is 8.27. The Balaban J connectivity index is 2.99. The van der Waals surface area contributed by atoms with Gasteiger partial charge in [-0.05, 0) is 18.2 Å². The molecule has 0 unspecified atom stereocenters. The van der Waals surface area contributed by atoms with Crippen LogP contribution in [0.15, 0.2) is 23.1 Å². The van der Waals surface area contributed by atoms with Gasteiger partial charge in [0, 0.05) is 4.90 Å². The van der Waals surface area contributed by atoms with Gasteiger partial charge in [-0.3, -0.25) is 0 Å². The fourth-order valence-electron chi connectivity index (χ4n) is 0.704. The molecule has 4 heteroatoms. The summed E-state index contributed by atoms with van der Waals surface area (Å²) in [5.41, 5.74) is 0. The van der Waals surface area contributed by atoms with E-state index in [-0.39, 0.29) is 11.6 Å². The lowest BCUT2D eigenvalue weighted by Gasteiger charge is -2.01. The Hall–Kier alpha value is -0.350. The maximum absolute atomic E-state index is 12.9. The highest BCUT2D eigenvalue weighted by Gasteiger charge is 2.01. The maximum Gasteiger partial charge on any atom is 0.166 e. The molecule has 0 spiro atoms. The van der Waals surface area contributed by atoms with Crippen molar-refractivity contribution in [2.45, 2.75) is 4.90 Å². The minimum atomic E-state index is -0.355. The van der Waals surface area contributed by atoms with Crippen LogP contribution >= 0.6 is 22.5 Å². The van der Waals surface area contributed by atoms with Crippen molar-refractivity contribution in [3.05, 3.63) is 24.0 Å². The number of hydrogen-bond acceptors (Lipinski definition) is 3. The fraction of sp³-hybridized carbons (Fsp3) is 0.143. The Kier molecular flexibility index (Phi) is 3.08. The number of rotatable bonds is 2. The summed E-state index contributed by atoms with van der Waals surface area (Å²) >= 11 is 3.93. The van der Waals surface area contributed by atoms with Gasteiger partial charge in [-0.1, -0.05) is 10.8 Å². The van der Waals surface area contributed by atoms with Crippen LogP contribution in [0.3, 0.4) is 0 Å². The van der Waals surface area contributed by atoms with Gasteiger partial charge in [0.2, 0.25) is 0 Å². The molecule has 0 atom stereocenters. The van der Waals surface area contributed by atoms with Crippen LogP contribution in [-0.4, -0.2) is 7.11 Å². The van der Waals surface area contributed by atoms with Crippen LogP contribution in [0.1, 0.15) is 0 Å². The highest BCUT2D eigenvalue weighted by molar-refractivity contribution is 8.68. The molecule has 0 aromatic heterocycles. The predicted molar refractivity (Wildman–Crippen MR) is 47.8 cm³/mol. The van der Waals surface area contributed by atoms with E-state index in [9.17, 15) is 4.39 Å². The molecular weight excluding hydrogens is 183 g/mol. The molecule has 0 fully saturated rings. The van der Waals surface area contributed by atoms with E-state index in [1.807, 2.05) is 0 Å². The molecule has 11 heavy (non-hydrogen) atoms. The van der Waals surface area contributed by atoms with E-state index < -0.39 is 0 Å². The van der Waals surface area contributed by atoms with Crippen molar-refractivity contribution in [3.63, 3.8) is 0 Å². The molecule has 1 nitrogen and oxygen atoms in total. The molecule has 0 N–H and O–H groups in total. The minimum Gasteiger partial charge on any atom is -0.494 e. The molecule has 1 aromatic rings. The second-order valence-corrected chi connectivity index (χ2v) is 3.09. The first-order valence-corrected chi connectivity index (χ1v) is 4.79. The first-order chi connectivity index (χ1) is 5.27. The molecule has 0 aliphatic carbocycles. The van der Waals surface area contributed by atoms with Gasteiger partial charge in [0.1, 0.15) is 0 Å². The van der Waals surface area contributed by atoms with Crippen LogP contribution < -0.4 is 4.74 Å². The van der Waals surface area contributed by atoms with Gasteiger partial charge in [-0.25, -0.2) is 4.39 Å². The van der Waals surface area contributed by atoms with E-state index >= 15 is 0 Å². The van der Waals surface area contributed by atoms with Crippen LogP contribution in [0, 0.1) is 5.82 Å². The summed E-state index contributed by atoms with van der Waals surface area (Å²) in [6.45, 7) is 0. The van der Waals surface area contributed by atoms with Crippen LogP contribution in [0.25, 0.3) is 0 Å². The third-order valence-corrected chi connectivity index (χ3v) is 2.33. The average Bonchev–Trinajstić information content (AvgIpc) is 2.04. The van der Waals surface area contributed by atoms with Crippen LogP contribution in [-0.2, 0) is 0 Å². The van der Waals surface area contributed by atoms with Crippen molar-refractivity contribution < 1.29 is 9.13 Å². The molecule has 0 heterocycles. The van der Waals surface area contributed by atoms with Crippen LogP contribution in [0.5, 0.6) is 5.75 Å². The van der Waals surface area contributed by atoms with E-state index in [0.29, 0.717) is 0 Å². The zero-order valence-corrected chi connectivity index (χ0v) is 7.58. The van der Waals surface area contributed by atoms with Crippen molar-refractivity contribution in [3.8, 4) is 5.75 Å². The normalized spacial score (nSPS) is 9.73.